The number of furan rings is 1. The van der Waals surface area contributed by atoms with Crippen molar-refractivity contribution in [3.05, 3.63) is 52.6 Å². The highest BCUT2D eigenvalue weighted by Gasteiger charge is 2.17. The van der Waals surface area contributed by atoms with Gasteiger partial charge in [-0.3, -0.25) is 0 Å². The molecule has 0 fully saturated rings. The number of ether oxygens (including phenoxy) is 1. The van der Waals surface area contributed by atoms with E-state index in [0.717, 1.165) is 21.9 Å². The van der Waals surface area contributed by atoms with Gasteiger partial charge in [0.15, 0.2) is 11.2 Å². The van der Waals surface area contributed by atoms with E-state index in [1.54, 1.807) is 12.3 Å². The van der Waals surface area contributed by atoms with Crippen LogP contribution in [-0.2, 0) is 0 Å². The molecule has 20 heavy (non-hydrogen) atoms. The first-order valence-corrected chi connectivity index (χ1v) is 6.30. The third kappa shape index (κ3) is 1.81. The van der Waals surface area contributed by atoms with Gasteiger partial charge >= 0.3 is 5.63 Å². The normalized spacial score (nSPS) is 11.1. The van der Waals surface area contributed by atoms with Gasteiger partial charge in [0.2, 0.25) is 5.75 Å². The summed E-state index contributed by atoms with van der Waals surface area (Å²) in [6.07, 6.45) is 3.30. The molecule has 0 N–H and O–H groups in total. The highest BCUT2D eigenvalue weighted by Crippen LogP contribution is 2.37. The molecule has 4 nitrogen and oxygen atoms in total. The van der Waals surface area contributed by atoms with Gasteiger partial charge in [0.05, 0.1) is 6.26 Å². The topological polar surface area (TPSA) is 52.6 Å². The summed E-state index contributed by atoms with van der Waals surface area (Å²) in [5, 5.41) is 1.80. The molecule has 0 radical (unpaired) electrons. The fraction of sp³-hybridized carbons (Fsp3) is 0.188. The lowest BCUT2D eigenvalue weighted by Gasteiger charge is -2.08. The molecule has 0 unspecified atom stereocenters. The maximum absolute atomic E-state index is 11.6. The Morgan fingerprint density at radius 2 is 1.95 bits per heavy atom. The summed E-state index contributed by atoms with van der Waals surface area (Å²) in [4.78, 5) is 11.6. The molecule has 0 saturated heterocycles. The van der Waals surface area contributed by atoms with E-state index in [4.69, 9.17) is 13.6 Å². The first-order valence-electron chi connectivity index (χ1n) is 6.30. The van der Waals surface area contributed by atoms with Crippen molar-refractivity contribution in [1.82, 2.24) is 0 Å². The number of benzene rings is 1. The minimum Gasteiger partial charge on any atom is -0.482 e. The largest absolute Gasteiger partial charge is 0.482 e. The maximum Gasteiger partial charge on any atom is 0.336 e. The van der Waals surface area contributed by atoms with E-state index >= 15 is 0 Å². The van der Waals surface area contributed by atoms with Crippen molar-refractivity contribution in [3.63, 3.8) is 0 Å². The molecule has 0 saturated carbocycles. The molecule has 3 rings (SSSR count). The predicted molar refractivity (Wildman–Crippen MR) is 77.4 cm³/mol. The van der Waals surface area contributed by atoms with Crippen molar-refractivity contribution in [2.45, 2.75) is 13.8 Å². The molecule has 0 bridgehead atoms. The summed E-state index contributed by atoms with van der Waals surface area (Å²) < 4.78 is 16.5. The lowest BCUT2D eigenvalue weighted by atomic mass is 10.1. The molecule has 2 heterocycles. The van der Waals surface area contributed by atoms with Crippen LogP contribution in [0.1, 0.15) is 11.1 Å². The fourth-order valence-corrected chi connectivity index (χ4v) is 2.30. The van der Waals surface area contributed by atoms with E-state index in [0.29, 0.717) is 23.5 Å². The van der Waals surface area contributed by atoms with Crippen LogP contribution in [0.2, 0.25) is 0 Å². The van der Waals surface area contributed by atoms with Crippen LogP contribution in [0.15, 0.2) is 44.7 Å². The van der Waals surface area contributed by atoms with Gasteiger partial charge < -0.3 is 13.6 Å². The zero-order chi connectivity index (χ0) is 14.3. The summed E-state index contributed by atoms with van der Waals surface area (Å²) in [5.41, 5.74) is 2.46. The van der Waals surface area contributed by atoms with Crippen LogP contribution in [0, 0.1) is 13.8 Å². The summed E-state index contributed by atoms with van der Waals surface area (Å²) >= 11 is 0. The average molecular weight is 270 g/mol. The molecular weight excluding hydrogens is 256 g/mol. The van der Waals surface area contributed by atoms with Crippen LogP contribution < -0.4 is 10.4 Å². The van der Waals surface area contributed by atoms with E-state index < -0.39 is 5.63 Å². The lowest BCUT2D eigenvalue weighted by Crippen LogP contribution is -2.01. The van der Waals surface area contributed by atoms with Crippen molar-refractivity contribution < 1.29 is 13.6 Å². The summed E-state index contributed by atoms with van der Waals surface area (Å²) in [6.45, 7) is 7.77. The van der Waals surface area contributed by atoms with E-state index in [9.17, 15) is 4.79 Å². The van der Waals surface area contributed by atoms with E-state index in [1.807, 2.05) is 19.9 Å². The van der Waals surface area contributed by atoms with Gasteiger partial charge in [0.1, 0.15) is 6.61 Å². The highest BCUT2D eigenvalue weighted by molar-refractivity contribution is 6.02. The monoisotopic (exact) mass is 270 g/mol. The molecule has 1 aromatic carbocycles. The molecule has 102 valence electrons. The Balaban J connectivity index is 2.48. The van der Waals surface area contributed by atoms with Crippen molar-refractivity contribution in [3.8, 4) is 5.75 Å². The molecule has 0 amide bonds. The SMILES string of the molecule is C=CCOc1c2occ(C)c2cc2c(C)cc(=O)oc12. The van der Waals surface area contributed by atoms with Crippen molar-refractivity contribution in [1.29, 1.82) is 0 Å². The van der Waals surface area contributed by atoms with Crippen LogP contribution in [0.5, 0.6) is 5.75 Å². The Kier molecular flexibility index (Phi) is 2.86. The molecule has 2 aromatic heterocycles. The quantitative estimate of drug-likeness (QED) is 0.537. The predicted octanol–water partition coefficient (Wildman–Crippen LogP) is 3.72. The van der Waals surface area contributed by atoms with Gasteiger partial charge in [-0.2, -0.15) is 0 Å². The average Bonchev–Trinajstić information content (AvgIpc) is 2.77. The second-order valence-corrected chi connectivity index (χ2v) is 4.73. The minimum absolute atomic E-state index is 0.311. The second-order valence-electron chi connectivity index (χ2n) is 4.73. The molecule has 0 aliphatic heterocycles. The van der Waals surface area contributed by atoms with Gasteiger partial charge in [-0.1, -0.05) is 12.7 Å². The Bertz CT molecular complexity index is 867. The van der Waals surface area contributed by atoms with Crippen molar-refractivity contribution in [2.75, 3.05) is 6.61 Å². The number of aryl methyl sites for hydroxylation is 2. The third-order valence-corrected chi connectivity index (χ3v) is 3.28. The van der Waals surface area contributed by atoms with Gasteiger partial charge in [0.25, 0.3) is 0 Å². The first-order chi connectivity index (χ1) is 9.61. The van der Waals surface area contributed by atoms with Gasteiger partial charge in [-0.15, -0.1) is 0 Å². The molecular formula is C16H14O4. The van der Waals surface area contributed by atoms with Gasteiger partial charge in [0, 0.05) is 16.8 Å². The first kappa shape index (κ1) is 12.5. The Labute approximate surface area is 115 Å². The van der Waals surface area contributed by atoms with Crippen LogP contribution in [0.4, 0.5) is 0 Å². The number of fused-ring (bicyclic) bond motifs is 2. The zero-order valence-corrected chi connectivity index (χ0v) is 11.4. The van der Waals surface area contributed by atoms with E-state index in [1.165, 1.54) is 6.07 Å². The van der Waals surface area contributed by atoms with Crippen LogP contribution >= 0.6 is 0 Å². The Morgan fingerprint density at radius 3 is 2.70 bits per heavy atom. The molecule has 0 spiro atoms. The third-order valence-electron chi connectivity index (χ3n) is 3.28. The number of hydrogen-bond acceptors (Lipinski definition) is 4. The molecule has 0 aliphatic carbocycles. The van der Waals surface area contributed by atoms with E-state index in [2.05, 4.69) is 6.58 Å². The molecule has 4 heteroatoms. The van der Waals surface area contributed by atoms with Gasteiger partial charge in [-0.05, 0) is 31.0 Å². The summed E-state index contributed by atoms with van der Waals surface area (Å²) in [5.74, 6) is 0.450. The van der Waals surface area contributed by atoms with Crippen molar-refractivity contribution in [2.24, 2.45) is 0 Å². The summed E-state index contributed by atoms with van der Waals surface area (Å²) in [6, 6.07) is 3.43. The second kappa shape index (κ2) is 4.56. The molecule has 0 aliphatic rings. The molecule has 3 aromatic rings. The fourth-order valence-electron chi connectivity index (χ4n) is 2.30. The zero-order valence-electron chi connectivity index (χ0n) is 11.4. The minimum atomic E-state index is -0.402. The maximum atomic E-state index is 11.6. The Morgan fingerprint density at radius 1 is 1.20 bits per heavy atom. The highest BCUT2D eigenvalue weighted by atomic mass is 16.5. The van der Waals surface area contributed by atoms with Crippen LogP contribution in [0.25, 0.3) is 21.9 Å². The van der Waals surface area contributed by atoms with Crippen LogP contribution in [0.3, 0.4) is 0 Å². The van der Waals surface area contributed by atoms with E-state index in [-0.39, 0.29) is 0 Å². The lowest BCUT2D eigenvalue weighted by molar-refractivity contribution is 0.356. The Hall–Kier alpha value is -2.49. The van der Waals surface area contributed by atoms with Crippen molar-refractivity contribution >= 4 is 21.9 Å². The van der Waals surface area contributed by atoms with Crippen LogP contribution in [-0.4, -0.2) is 6.61 Å². The smallest absolute Gasteiger partial charge is 0.336 e. The summed E-state index contributed by atoms with van der Waals surface area (Å²) in [7, 11) is 0. The molecule has 0 atom stereocenters. The van der Waals surface area contributed by atoms with Gasteiger partial charge in [-0.25, -0.2) is 4.79 Å². The number of rotatable bonds is 3. The number of hydrogen-bond donors (Lipinski definition) is 0. The standard InChI is InChI=1S/C16H14O4/c1-4-5-18-16-14-12(10(3)8-19-14)7-11-9(2)6-13(17)20-15(11)16/h4,6-8H,1,5H2,2-3H3.